The van der Waals surface area contributed by atoms with Gasteiger partial charge in [0.1, 0.15) is 0 Å². The van der Waals surface area contributed by atoms with Gasteiger partial charge in [0.2, 0.25) is 5.39 Å². The van der Waals surface area contributed by atoms with Gasteiger partial charge in [-0.15, -0.1) is 0 Å². The maximum atomic E-state index is 9.02. The first-order valence-electron chi connectivity index (χ1n) is 5.82. The number of benzene rings is 3. The molecule has 0 fully saturated rings. The van der Waals surface area contributed by atoms with E-state index in [0.29, 0.717) is 5.69 Å². The van der Waals surface area contributed by atoms with E-state index in [1.54, 1.807) is 6.07 Å². The zero-order chi connectivity index (χ0) is 12.4. The fourth-order valence-electron chi connectivity index (χ4n) is 2.16. The lowest BCUT2D eigenvalue weighted by Gasteiger charge is -2.02. The van der Waals surface area contributed by atoms with Crippen LogP contribution in [-0.2, 0) is 0 Å². The lowest BCUT2D eigenvalue weighted by molar-refractivity contribution is 1.46. The summed E-state index contributed by atoms with van der Waals surface area (Å²) < 4.78 is 0. The van der Waals surface area contributed by atoms with Gasteiger partial charge in [-0.3, -0.25) is 0 Å². The first-order valence-corrected chi connectivity index (χ1v) is 5.82. The Balaban J connectivity index is 2.23. The summed E-state index contributed by atoms with van der Waals surface area (Å²) in [6.07, 6.45) is 0. The highest BCUT2D eigenvalue weighted by Crippen LogP contribution is 2.31. The van der Waals surface area contributed by atoms with Crippen molar-refractivity contribution in [3.8, 4) is 11.1 Å². The van der Waals surface area contributed by atoms with E-state index < -0.39 is 0 Å². The molecule has 0 aliphatic carbocycles. The van der Waals surface area contributed by atoms with E-state index in [1.807, 2.05) is 36.4 Å². The van der Waals surface area contributed by atoms with Crippen LogP contribution in [0.25, 0.3) is 26.9 Å². The van der Waals surface area contributed by atoms with E-state index in [2.05, 4.69) is 29.2 Å². The van der Waals surface area contributed by atoms with Crippen molar-refractivity contribution < 1.29 is 0 Å². The predicted octanol–water partition coefficient (Wildman–Crippen LogP) is 4.99. The van der Waals surface area contributed by atoms with Crippen LogP contribution >= 0.6 is 0 Å². The third-order valence-electron chi connectivity index (χ3n) is 3.07. The molecule has 0 heterocycles. The van der Waals surface area contributed by atoms with Gasteiger partial charge in [0.25, 0.3) is 0 Å². The molecule has 0 N–H and O–H groups in total. The van der Waals surface area contributed by atoms with Crippen LogP contribution < -0.4 is 0 Å². The fourth-order valence-corrected chi connectivity index (χ4v) is 2.16. The average Bonchev–Trinajstić information content (AvgIpc) is 2.46. The van der Waals surface area contributed by atoms with Crippen LogP contribution in [-0.4, -0.2) is 0 Å². The zero-order valence-corrected chi connectivity index (χ0v) is 9.75. The van der Waals surface area contributed by atoms with Gasteiger partial charge in [-0.05, 0) is 28.5 Å². The van der Waals surface area contributed by atoms with Crippen LogP contribution in [0.4, 0.5) is 5.69 Å². The molecular formula is C16H11N2+. The molecule has 0 unspecified atom stereocenters. The SMILES string of the molecule is N#[N+]c1ccccc1-c1ccc2ccccc2c1. The van der Waals surface area contributed by atoms with Gasteiger partial charge in [-0.25, -0.2) is 0 Å². The molecule has 84 valence electrons. The van der Waals surface area contributed by atoms with Crippen molar-refractivity contribution in [2.24, 2.45) is 0 Å². The Hall–Kier alpha value is -2.66. The normalized spacial score (nSPS) is 10.2. The summed E-state index contributed by atoms with van der Waals surface area (Å²) in [5.74, 6) is 0. The Morgan fingerprint density at radius 1 is 0.722 bits per heavy atom. The first kappa shape index (κ1) is 10.5. The topological polar surface area (TPSA) is 28.1 Å². The molecule has 0 amide bonds. The zero-order valence-electron chi connectivity index (χ0n) is 9.75. The van der Waals surface area contributed by atoms with Crippen molar-refractivity contribution >= 4 is 16.5 Å². The molecule has 0 bridgehead atoms. The maximum Gasteiger partial charge on any atom is 0.392 e. The summed E-state index contributed by atoms with van der Waals surface area (Å²) in [5, 5.41) is 11.4. The van der Waals surface area contributed by atoms with Crippen molar-refractivity contribution in [1.82, 2.24) is 0 Å². The highest BCUT2D eigenvalue weighted by atomic mass is 14.8. The molecule has 2 nitrogen and oxygen atoms in total. The molecule has 3 aromatic rings. The summed E-state index contributed by atoms with van der Waals surface area (Å²) >= 11 is 0. The minimum atomic E-state index is 0.591. The van der Waals surface area contributed by atoms with Crippen LogP contribution in [0.2, 0.25) is 0 Å². The second kappa shape index (κ2) is 4.31. The Bertz CT molecular complexity index is 754. The standard InChI is InChI=1S/C16H11N2/c17-18-16-8-4-3-7-15(16)14-10-9-12-5-1-2-6-13(12)11-14/h1-11H/q+1. The molecule has 0 saturated carbocycles. The number of rotatable bonds is 1. The molecule has 0 saturated heterocycles. The fraction of sp³-hybridized carbons (Fsp3) is 0. The van der Waals surface area contributed by atoms with Crippen molar-refractivity contribution in [3.63, 3.8) is 0 Å². The lowest BCUT2D eigenvalue weighted by atomic mass is 10.0. The smallest absolute Gasteiger partial charge is 0.0616 e. The molecule has 3 rings (SSSR count). The van der Waals surface area contributed by atoms with Crippen molar-refractivity contribution in [3.05, 3.63) is 71.7 Å². The summed E-state index contributed by atoms with van der Waals surface area (Å²) in [7, 11) is 0. The van der Waals surface area contributed by atoms with Gasteiger partial charge < -0.3 is 0 Å². The number of hydrogen-bond acceptors (Lipinski definition) is 1. The van der Waals surface area contributed by atoms with Gasteiger partial charge in [0.05, 0.1) is 5.56 Å². The molecule has 2 heteroatoms. The van der Waals surface area contributed by atoms with Crippen LogP contribution in [0, 0.1) is 5.39 Å². The quantitative estimate of drug-likeness (QED) is 0.542. The molecule has 3 aromatic carbocycles. The van der Waals surface area contributed by atoms with Crippen LogP contribution in [0.15, 0.2) is 66.7 Å². The van der Waals surface area contributed by atoms with E-state index in [9.17, 15) is 0 Å². The monoisotopic (exact) mass is 231 g/mol. The Kier molecular flexibility index (Phi) is 2.51. The van der Waals surface area contributed by atoms with Crippen molar-refractivity contribution in [2.75, 3.05) is 0 Å². The van der Waals surface area contributed by atoms with Gasteiger partial charge in [-0.1, -0.05) is 48.5 Å². The van der Waals surface area contributed by atoms with E-state index in [1.165, 1.54) is 10.8 Å². The molecule has 0 spiro atoms. The predicted molar refractivity (Wildman–Crippen MR) is 74.1 cm³/mol. The van der Waals surface area contributed by atoms with E-state index in [0.717, 1.165) is 11.1 Å². The molecule has 0 atom stereocenters. The third-order valence-corrected chi connectivity index (χ3v) is 3.07. The summed E-state index contributed by atoms with van der Waals surface area (Å²) in [6.45, 7) is 0. The average molecular weight is 231 g/mol. The number of diazo groups is 1. The second-order valence-corrected chi connectivity index (χ2v) is 4.18. The summed E-state index contributed by atoms with van der Waals surface area (Å²) in [4.78, 5) is 3.33. The molecule has 18 heavy (non-hydrogen) atoms. The number of nitrogens with zero attached hydrogens (tertiary/aromatic N) is 2. The number of hydrogen-bond donors (Lipinski definition) is 0. The molecule has 0 radical (unpaired) electrons. The van der Waals surface area contributed by atoms with E-state index in [-0.39, 0.29) is 0 Å². The van der Waals surface area contributed by atoms with Crippen LogP contribution in [0.1, 0.15) is 0 Å². The Morgan fingerprint density at radius 2 is 1.44 bits per heavy atom. The molecular weight excluding hydrogens is 220 g/mol. The van der Waals surface area contributed by atoms with Gasteiger partial charge >= 0.3 is 5.69 Å². The summed E-state index contributed by atoms with van der Waals surface area (Å²) in [5.41, 5.74) is 2.58. The van der Waals surface area contributed by atoms with Gasteiger partial charge in [0, 0.05) is 6.07 Å². The first-order chi connectivity index (χ1) is 8.88. The Labute approximate surface area is 105 Å². The second-order valence-electron chi connectivity index (χ2n) is 4.18. The largest absolute Gasteiger partial charge is 0.392 e. The molecule has 0 aliphatic rings. The van der Waals surface area contributed by atoms with Crippen LogP contribution in [0.3, 0.4) is 0 Å². The maximum absolute atomic E-state index is 9.02. The van der Waals surface area contributed by atoms with Gasteiger partial charge in [-0.2, -0.15) is 0 Å². The molecule has 0 aromatic heterocycles. The number of fused-ring (bicyclic) bond motifs is 1. The minimum Gasteiger partial charge on any atom is -0.0616 e. The highest BCUT2D eigenvalue weighted by molar-refractivity contribution is 5.89. The minimum absolute atomic E-state index is 0.591. The third kappa shape index (κ3) is 1.72. The van der Waals surface area contributed by atoms with E-state index >= 15 is 0 Å². The van der Waals surface area contributed by atoms with E-state index in [4.69, 9.17) is 5.39 Å². The van der Waals surface area contributed by atoms with Crippen molar-refractivity contribution in [2.45, 2.75) is 0 Å². The van der Waals surface area contributed by atoms with Gasteiger partial charge in [0.15, 0.2) is 4.98 Å². The van der Waals surface area contributed by atoms with Crippen LogP contribution in [0.5, 0.6) is 0 Å². The lowest BCUT2D eigenvalue weighted by Crippen LogP contribution is -1.79. The highest BCUT2D eigenvalue weighted by Gasteiger charge is 2.13. The Morgan fingerprint density at radius 3 is 2.28 bits per heavy atom. The van der Waals surface area contributed by atoms with Crippen molar-refractivity contribution in [1.29, 1.82) is 5.39 Å². The summed E-state index contributed by atoms with van der Waals surface area (Å²) in [6, 6.07) is 22.0. The molecule has 0 aliphatic heterocycles.